The average molecular weight is 213 g/mol. The first-order chi connectivity index (χ1) is 6.56. The minimum atomic E-state index is -1.18. The fourth-order valence-corrected chi connectivity index (χ4v) is 1.49. The normalized spacial score (nSPS) is 12.4. The number of carbonyl (C=O) groups is 1. The predicted molar refractivity (Wildman–Crippen MR) is 54.5 cm³/mol. The zero-order valence-corrected chi connectivity index (χ0v) is 8.41. The minimum Gasteiger partial charge on any atom is -0.508 e. The van der Waals surface area contributed by atoms with E-state index in [1.165, 1.54) is 17.8 Å². The van der Waals surface area contributed by atoms with Crippen molar-refractivity contribution in [3.8, 4) is 5.75 Å². The van der Waals surface area contributed by atoms with E-state index in [0.717, 1.165) is 4.90 Å². The van der Waals surface area contributed by atoms with Gasteiger partial charge >= 0.3 is 5.97 Å². The van der Waals surface area contributed by atoms with Crippen LogP contribution in [0.3, 0.4) is 0 Å². The summed E-state index contributed by atoms with van der Waals surface area (Å²) < 4.78 is 0. The molecule has 0 fully saturated rings. The molecule has 4 N–H and O–H groups in total. The summed E-state index contributed by atoms with van der Waals surface area (Å²) in [6.07, 6.45) is 1.86. The highest BCUT2D eigenvalue weighted by atomic mass is 32.2. The Labute approximate surface area is 85.7 Å². The molecule has 0 heterocycles. The van der Waals surface area contributed by atoms with Gasteiger partial charge in [-0.25, -0.2) is 0 Å². The zero-order valence-electron chi connectivity index (χ0n) is 7.60. The average Bonchev–Trinajstić information content (AvgIpc) is 2.17. The van der Waals surface area contributed by atoms with E-state index in [2.05, 4.69) is 0 Å². The number of carboxylic acid groups (broad SMARTS) is 1. The molecule has 0 saturated carbocycles. The number of phenols is 1. The molecule has 0 amide bonds. The van der Waals surface area contributed by atoms with Crippen LogP contribution in [0.2, 0.25) is 0 Å². The molecule has 5 heteroatoms. The molecule has 0 bridgehead atoms. The van der Waals surface area contributed by atoms with Gasteiger partial charge in [-0.05, 0) is 24.5 Å². The molecule has 0 aliphatic rings. The summed E-state index contributed by atoms with van der Waals surface area (Å²) in [6, 6.07) is 3.56. The molecule has 0 radical (unpaired) electrons. The van der Waals surface area contributed by atoms with Gasteiger partial charge in [0.2, 0.25) is 0 Å². The maximum Gasteiger partial charge on any atom is 0.325 e. The second-order valence-electron chi connectivity index (χ2n) is 2.74. The molecule has 1 aromatic carbocycles. The van der Waals surface area contributed by atoms with Crippen LogP contribution in [0, 0.1) is 0 Å². The van der Waals surface area contributed by atoms with E-state index in [1.54, 1.807) is 12.1 Å². The third-order valence-corrected chi connectivity index (χ3v) is 2.56. The molecule has 0 spiro atoms. The summed E-state index contributed by atoms with van der Waals surface area (Å²) in [5, 5.41) is 18.1. The number of rotatable bonds is 3. The number of nitrogens with two attached hydrogens (primary N) is 1. The van der Waals surface area contributed by atoms with Crippen molar-refractivity contribution >= 4 is 17.7 Å². The first-order valence-electron chi connectivity index (χ1n) is 3.91. The van der Waals surface area contributed by atoms with E-state index in [4.69, 9.17) is 10.8 Å². The highest BCUT2D eigenvalue weighted by Gasteiger charge is 2.18. The van der Waals surface area contributed by atoms with Gasteiger partial charge in [-0.1, -0.05) is 0 Å². The van der Waals surface area contributed by atoms with Crippen molar-refractivity contribution in [3.05, 3.63) is 23.8 Å². The monoisotopic (exact) mass is 213 g/mol. The Morgan fingerprint density at radius 3 is 2.71 bits per heavy atom. The van der Waals surface area contributed by atoms with Crippen LogP contribution in [-0.4, -0.2) is 22.4 Å². The van der Waals surface area contributed by atoms with Crippen LogP contribution < -0.4 is 5.73 Å². The van der Waals surface area contributed by atoms with Crippen molar-refractivity contribution < 1.29 is 15.0 Å². The Morgan fingerprint density at radius 2 is 2.21 bits per heavy atom. The lowest BCUT2D eigenvalue weighted by molar-refractivity contribution is -0.138. The molecule has 1 atom stereocenters. The zero-order chi connectivity index (χ0) is 10.7. The van der Waals surface area contributed by atoms with E-state index in [9.17, 15) is 9.90 Å². The van der Waals surface area contributed by atoms with Gasteiger partial charge in [-0.3, -0.25) is 4.79 Å². The van der Waals surface area contributed by atoms with Gasteiger partial charge in [0.05, 0.1) is 0 Å². The van der Waals surface area contributed by atoms with Crippen LogP contribution >= 0.6 is 11.8 Å². The smallest absolute Gasteiger partial charge is 0.325 e. The fraction of sp³-hybridized carbons (Fsp3) is 0.222. The third-order valence-electron chi connectivity index (χ3n) is 1.84. The number of carboxylic acids is 1. The first kappa shape index (κ1) is 10.9. The lowest BCUT2D eigenvalue weighted by Gasteiger charge is -2.10. The third kappa shape index (κ3) is 2.18. The molecule has 0 saturated heterocycles. The second kappa shape index (κ2) is 4.34. The van der Waals surface area contributed by atoms with Crippen LogP contribution in [0.25, 0.3) is 0 Å². The van der Waals surface area contributed by atoms with Crippen molar-refractivity contribution in [1.82, 2.24) is 0 Å². The predicted octanol–water partition coefficient (Wildman–Crippen LogP) is 1.20. The molecule has 14 heavy (non-hydrogen) atoms. The van der Waals surface area contributed by atoms with Crippen molar-refractivity contribution in [2.45, 2.75) is 10.9 Å². The summed E-state index contributed by atoms with van der Waals surface area (Å²) in [6.45, 7) is 0. The fourth-order valence-electron chi connectivity index (χ4n) is 1.04. The Balaban J connectivity index is 3.11. The molecule has 1 aromatic rings. The number of phenolic OH excluding ortho intramolecular Hbond substituents is 1. The van der Waals surface area contributed by atoms with Crippen molar-refractivity contribution in [2.75, 3.05) is 6.26 Å². The van der Waals surface area contributed by atoms with Gasteiger partial charge < -0.3 is 15.9 Å². The summed E-state index contributed by atoms with van der Waals surface area (Å²) >= 11 is 1.46. The van der Waals surface area contributed by atoms with Crippen LogP contribution in [0.4, 0.5) is 0 Å². The highest BCUT2D eigenvalue weighted by molar-refractivity contribution is 7.98. The van der Waals surface area contributed by atoms with Gasteiger partial charge in [0, 0.05) is 10.5 Å². The lowest BCUT2D eigenvalue weighted by Crippen LogP contribution is -2.20. The van der Waals surface area contributed by atoms with E-state index in [-0.39, 0.29) is 11.3 Å². The number of benzene rings is 1. The van der Waals surface area contributed by atoms with E-state index >= 15 is 0 Å². The number of aromatic hydroxyl groups is 1. The quantitative estimate of drug-likeness (QED) is 0.657. The summed E-state index contributed by atoms with van der Waals surface area (Å²) in [5.74, 6) is -1.24. The van der Waals surface area contributed by atoms with Crippen molar-refractivity contribution in [1.29, 1.82) is 0 Å². The number of hydrogen-bond acceptors (Lipinski definition) is 4. The summed E-state index contributed by atoms with van der Waals surface area (Å²) in [7, 11) is 0. The van der Waals surface area contributed by atoms with Gasteiger partial charge in [0.15, 0.2) is 0 Å². The SMILES string of the molecule is CSc1ccc(O)c([C@H](N)C(=O)O)c1. The van der Waals surface area contributed by atoms with Crippen LogP contribution in [0.1, 0.15) is 11.6 Å². The number of hydrogen-bond donors (Lipinski definition) is 3. The Hall–Kier alpha value is -1.20. The molecule has 4 nitrogen and oxygen atoms in total. The largest absolute Gasteiger partial charge is 0.508 e. The van der Waals surface area contributed by atoms with E-state index < -0.39 is 12.0 Å². The van der Waals surface area contributed by atoms with Crippen LogP contribution in [0.5, 0.6) is 5.75 Å². The van der Waals surface area contributed by atoms with Crippen molar-refractivity contribution in [2.24, 2.45) is 5.73 Å². The maximum absolute atomic E-state index is 10.6. The molecule has 1 rings (SSSR count). The molecular formula is C9H11NO3S. The summed E-state index contributed by atoms with van der Waals surface area (Å²) in [5.41, 5.74) is 5.63. The van der Waals surface area contributed by atoms with Gasteiger partial charge in [-0.2, -0.15) is 0 Å². The standard InChI is InChI=1S/C9H11NO3S/c1-14-5-2-3-7(11)6(4-5)8(10)9(12)13/h2-4,8,11H,10H2,1H3,(H,12,13)/t8-/m0/s1. The number of thioether (sulfide) groups is 1. The van der Waals surface area contributed by atoms with Gasteiger partial charge in [0.1, 0.15) is 11.8 Å². The highest BCUT2D eigenvalue weighted by Crippen LogP contribution is 2.27. The Kier molecular flexibility index (Phi) is 3.38. The van der Waals surface area contributed by atoms with E-state index in [0.29, 0.717) is 0 Å². The van der Waals surface area contributed by atoms with Crippen LogP contribution in [0.15, 0.2) is 23.1 Å². The summed E-state index contributed by atoms with van der Waals surface area (Å²) in [4.78, 5) is 11.5. The Morgan fingerprint density at radius 1 is 1.57 bits per heavy atom. The molecule has 0 aliphatic carbocycles. The van der Waals surface area contributed by atoms with Gasteiger partial charge in [-0.15, -0.1) is 11.8 Å². The van der Waals surface area contributed by atoms with Gasteiger partial charge in [0.25, 0.3) is 0 Å². The van der Waals surface area contributed by atoms with E-state index in [1.807, 2.05) is 6.26 Å². The van der Waals surface area contributed by atoms with Crippen LogP contribution in [-0.2, 0) is 4.79 Å². The first-order valence-corrected chi connectivity index (χ1v) is 5.14. The minimum absolute atomic E-state index is 0.0855. The maximum atomic E-state index is 10.6. The molecule has 0 unspecified atom stereocenters. The second-order valence-corrected chi connectivity index (χ2v) is 3.62. The topological polar surface area (TPSA) is 83.5 Å². The molecular weight excluding hydrogens is 202 g/mol. The molecule has 0 aliphatic heterocycles. The molecule has 0 aromatic heterocycles. The number of aliphatic carboxylic acids is 1. The molecule has 76 valence electrons. The Bertz CT molecular complexity index is 354. The van der Waals surface area contributed by atoms with Crippen molar-refractivity contribution in [3.63, 3.8) is 0 Å². The lowest BCUT2D eigenvalue weighted by atomic mass is 10.1.